The Morgan fingerprint density at radius 3 is 3.08 bits per heavy atom. The van der Waals surface area contributed by atoms with Gasteiger partial charge >= 0.3 is 0 Å². The van der Waals surface area contributed by atoms with Crippen molar-refractivity contribution in [2.75, 3.05) is 0 Å². The summed E-state index contributed by atoms with van der Waals surface area (Å²) in [5.74, 6) is 1.19. The van der Waals surface area contributed by atoms with E-state index in [9.17, 15) is 4.79 Å². The SMILES string of the molecule is CC1CCC2CC=CC=C2C1=O. The zero-order chi connectivity index (χ0) is 8.55. The third kappa shape index (κ3) is 1.13. The van der Waals surface area contributed by atoms with E-state index in [0.717, 1.165) is 18.4 Å². The lowest BCUT2D eigenvalue weighted by molar-refractivity contribution is -0.120. The standard InChI is InChI=1S/C11H14O/c1-8-6-7-9-4-2-3-5-10(9)11(8)12/h2-3,5,8-9H,4,6-7H2,1H3. The molecule has 64 valence electrons. The molecular formula is C11H14O. The molecular weight excluding hydrogens is 148 g/mol. The average molecular weight is 162 g/mol. The van der Waals surface area contributed by atoms with Crippen LogP contribution in [0.4, 0.5) is 0 Å². The lowest BCUT2D eigenvalue weighted by Gasteiger charge is -2.28. The minimum Gasteiger partial charge on any atom is -0.294 e. The van der Waals surface area contributed by atoms with Crippen molar-refractivity contribution in [1.29, 1.82) is 0 Å². The third-order valence-electron chi connectivity index (χ3n) is 2.95. The van der Waals surface area contributed by atoms with E-state index in [1.165, 1.54) is 6.42 Å². The number of hydrogen-bond acceptors (Lipinski definition) is 1. The fraction of sp³-hybridized carbons (Fsp3) is 0.545. The van der Waals surface area contributed by atoms with E-state index in [1.54, 1.807) is 0 Å². The summed E-state index contributed by atoms with van der Waals surface area (Å²) in [6.07, 6.45) is 9.54. The topological polar surface area (TPSA) is 17.1 Å². The molecule has 2 aliphatic carbocycles. The fourth-order valence-corrected chi connectivity index (χ4v) is 2.10. The van der Waals surface area contributed by atoms with Crippen LogP contribution in [0.5, 0.6) is 0 Å². The summed E-state index contributed by atoms with van der Waals surface area (Å²) in [7, 11) is 0. The molecule has 0 bridgehead atoms. The monoisotopic (exact) mass is 162 g/mol. The number of rotatable bonds is 0. The van der Waals surface area contributed by atoms with Gasteiger partial charge in [-0.05, 0) is 30.8 Å². The number of Topliss-reactive ketones (excluding diaryl/α,β-unsaturated/α-hetero) is 1. The summed E-state index contributed by atoms with van der Waals surface area (Å²) in [4.78, 5) is 11.7. The van der Waals surface area contributed by atoms with Gasteiger partial charge in [0, 0.05) is 5.92 Å². The second-order valence-corrected chi connectivity index (χ2v) is 3.83. The van der Waals surface area contributed by atoms with Crippen LogP contribution in [-0.4, -0.2) is 5.78 Å². The summed E-state index contributed by atoms with van der Waals surface area (Å²) in [5, 5.41) is 0. The maximum atomic E-state index is 11.7. The van der Waals surface area contributed by atoms with Gasteiger partial charge in [-0.1, -0.05) is 25.2 Å². The van der Waals surface area contributed by atoms with Crippen LogP contribution in [0.3, 0.4) is 0 Å². The molecule has 0 amide bonds. The molecule has 1 nitrogen and oxygen atoms in total. The van der Waals surface area contributed by atoms with Crippen molar-refractivity contribution in [2.45, 2.75) is 26.2 Å². The van der Waals surface area contributed by atoms with E-state index in [1.807, 2.05) is 19.1 Å². The fourth-order valence-electron chi connectivity index (χ4n) is 2.10. The van der Waals surface area contributed by atoms with E-state index >= 15 is 0 Å². The molecule has 0 aromatic rings. The van der Waals surface area contributed by atoms with E-state index in [4.69, 9.17) is 0 Å². The van der Waals surface area contributed by atoms with Crippen LogP contribution in [0, 0.1) is 11.8 Å². The minimum atomic E-state index is 0.263. The lowest BCUT2D eigenvalue weighted by atomic mass is 9.75. The third-order valence-corrected chi connectivity index (χ3v) is 2.95. The largest absolute Gasteiger partial charge is 0.294 e. The number of hydrogen-bond donors (Lipinski definition) is 0. The summed E-state index contributed by atoms with van der Waals surface area (Å²) >= 11 is 0. The Balaban J connectivity index is 2.27. The quantitative estimate of drug-likeness (QED) is 0.535. The van der Waals surface area contributed by atoms with E-state index in [0.29, 0.717) is 11.7 Å². The van der Waals surface area contributed by atoms with Crippen molar-refractivity contribution in [3.05, 3.63) is 23.8 Å². The van der Waals surface area contributed by atoms with Crippen molar-refractivity contribution in [1.82, 2.24) is 0 Å². The van der Waals surface area contributed by atoms with E-state index in [2.05, 4.69) is 6.08 Å². The molecule has 1 heteroatoms. The van der Waals surface area contributed by atoms with E-state index < -0.39 is 0 Å². The van der Waals surface area contributed by atoms with Gasteiger partial charge in [-0.3, -0.25) is 4.79 Å². The van der Waals surface area contributed by atoms with Crippen LogP contribution < -0.4 is 0 Å². The first-order chi connectivity index (χ1) is 5.79. The Kier molecular flexibility index (Phi) is 1.87. The number of carbonyl (C=O) groups is 1. The van der Waals surface area contributed by atoms with Crippen LogP contribution >= 0.6 is 0 Å². The number of ketones is 1. The second kappa shape index (κ2) is 2.89. The molecule has 0 saturated heterocycles. The van der Waals surface area contributed by atoms with Gasteiger partial charge in [0.2, 0.25) is 0 Å². The molecule has 1 fully saturated rings. The number of allylic oxidation sites excluding steroid dienone is 4. The number of carbonyl (C=O) groups excluding carboxylic acids is 1. The smallest absolute Gasteiger partial charge is 0.161 e. The molecule has 1 saturated carbocycles. The molecule has 0 aromatic heterocycles. The van der Waals surface area contributed by atoms with Crippen LogP contribution in [0.1, 0.15) is 26.2 Å². The molecule has 2 rings (SSSR count). The van der Waals surface area contributed by atoms with Gasteiger partial charge in [-0.2, -0.15) is 0 Å². The summed E-state index contributed by atoms with van der Waals surface area (Å²) in [6, 6.07) is 0. The van der Waals surface area contributed by atoms with Crippen molar-refractivity contribution >= 4 is 5.78 Å². The Bertz CT molecular complexity index is 260. The Morgan fingerprint density at radius 1 is 1.42 bits per heavy atom. The van der Waals surface area contributed by atoms with Crippen molar-refractivity contribution in [3.63, 3.8) is 0 Å². The van der Waals surface area contributed by atoms with Gasteiger partial charge in [0.05, 0.1) is 0 Å². The molecule has 0 radical (unpaired) electrons. The molecule has 12 heavy (non-hydrogen) atoms. The van der Waals surface area contributed by atoms with Crippen LogP contribution in [0.2, 0.25) is 0 Å². The minimum absolute atomic E-state index is 0.263. The highest BCUT2D eigenvalue weighted by Gasteiger charge is 2.30. The highest BCUT2D eigenvalue weighted by Crippen LogP contribution is 2.34. The average Bonchev–Trinajstić information content (AvgIpc) is 2.12. The predicted octanol–water partition coefficient (Wildman–Crippen LogP) is 2.49. The van der Waals surface area contributed by atoms with Crippen LogP contribution in [-0.2, 0) is 4.79 Å². The van der Waals surface area contributed by atoms with Gasteiger partial charge in [-0.15, -0.1) is 0 Å². The van der Waals surface area contributed by atoms with Gasteiger partial charge < -0.3 is 0 Å². The predicted molar refractivity (Wildman–Crippen MR) is 48.7 cm³/mol. The molecule has 0 heterocycles. The summed E-state index contributed by atoms with van der Waals surface area (Å²) in [6.45, 7) is 2.04. The molecule has 0 spiro atoms. The molecule has 0 N–H and O–H groups in total. The normalized spacial score (nSPS) is 34.4. The first kappa shape index (κ1) is 7.78. The Morgan fingerprint density at radius 2 is 2.25 bits per heavy atom. The zero-order valence-electron chi connectivity index (χ0n) is 7.42. The maximum absolute atomic E-state index is 11.7. The highest BCUT2D eigenvalue weighted by atomic mass is 16.1. The van der Waals surface area contributed by atoms with Crippen LogP contribution in [0.25, 0.3) is 0 Å². The van der Waals surface area contributed by atoms with Crippen molar-refractivity contribution in [3.8, 4) is 0 Å². The molecule has 2 atom stereocenters. The molecule has 0 aromatic carbocycles. The summed E-state index contributed by atoms with van der Waals surface area (Å²) < 4.78 is 0. The molecule has 2 aliphatic rings. The van der Waals surface area contributed by atoms with Gasteiger partial charge in [0.25, 0.3) is 0 Å². The van der Waals surface area contributed by atoms with Crippen molar-refractivity contribution < 1.29 is 4.79 Å². The zero-order valence-corrected chi connectivity index (χ0v) is 7.42. The first-order valence-electron chi connectivity index (χ1n) is 4.70. The number of fused-ring (bicyclic) bond motifs is 1. The Hall–Kier alpha value is -0.850. The van der Waals surface area contributed by atoms with Gasteiger partial charge in [0.15, 0.2) is 5.78 Å². The van der Waals surface area contributed by atoms with Crippen LogP contribution in [0.15, 0.2) is 23.8 Å². The van der Waals surface area contributed by atoms with Gasteiger partial charge in [0.1, 0.15) is 0 Å². The molecule has 0 aliphatic heterocycles. The maximum Gasteiger partial charge on any atom is 0.161 e. The van der Waals surface area contributed by atoms with Crippen molar-refractivity contribution in [2.24, 2.45) is 11.8 Å². The van der Waals surface area contributed by atoms with Gasteiger partial charge in [-0.25, -0.2) is 0 Å². The Labute approximate surface area is 73.2 Å². The highest BCUT2D eigenvalue weighted by molar-refractivity contribution is 5.98. The summed E-state index contributed by atoms with van der Waals surface area (Å²) in [5.41, 5.74) is 1.08. The first-order valence-corrected chi connectivity index (χ1v) is 4.70. The second-order valence-electron chi connectivity index (χ2n) is 3.83. The molecule has 2 unspecified atom stereocenters. The van der Waals surface area contributed by atoms with E-state index in [-0.39, 0.29) is 5.92 Å². The lowest BCUT2D eigenvalue weighted by Crippen LogP contribution is -2.26.